The molecule has 35 heavy (non-hydrogen) atoms. The Morgan fingerprint density at radius 2 is 1.66 bits per heavy atom. The second-order valence-electron chi connectivity index (χ2n) is 7.70. The number of anilines is 2. The molecule has 5 rings (SSSR count). The second kappa shape index (κ2) is 8.88. The van der Waals surface area contributed by atoms with Crippen LogP contribution >= 0.6 is 11.3 Å². The predicted molar refractivity (Wildman–Crippen MR) is 127 cm³/mol. The van der Waals surface area contributed by atoms with Crippen molar-refractivity contribution in [3.63, 3.8) is 0 Å². The van der Waals surface area contributed by atoms with Crippen LogP contribution in [0.3, 0.4) is 0 Å². The first-order chi connectivity index (χ1) is 16.7. The molecule has 2 amide bonds. The van der Waals surface area contributed by atoms with Gasteiger partial charge in [-0.15, -0.1) is 0 Å². The van der Waals surface area contributed by atoms with Crippen LogP contribution < -0.4 is 15.4 Å². The molecule has 0 saturated carbocycles. The van der Waals surface area contributed by atoms with Gasteiger partial charge in [0.15, 0.2) is 5.13 Å². The average molecular weight is 495 g/mol. The fourth-order valence-corrected chi connectivity index (χ4v) is 4.11. The van der Waals surface area contributed by atoms with E-state index in [1.807, 2.05) is 6.08 Å². The Balaban J connectivity index is 1.27. The number of alkyl halides is 3. The minimum Gasteiger partial charge on any atom is -0.457 e. The van der Waals surface area contributed by atoms with Crippen LogP contribution in [0.2, 0.25) is 0 Å². The molecule has 0 radical (unpaired) electrons. The minimum absolute atomic E-state index is 0.146. The average Bonchev–Trinajstić information content (AvgIpc) is 3.60. The van der Waals surface area contributed by atoms with Gasteiger partial charge in [-0.3, -0.25) is 14.9 Å². The number of hydrogen-bond acceptors (Lipinski definition) is 5. The number of halogens is 3. The molecule has 0 atom stereocenters. The van der Waals surface area contributed by atoms with Gasteiger partial charge in [0.2, 0.25) is 0 Å². The summed E-state index contributed by atoms with van der Waals surface area (Å²) in [6.07, 6.45) is -1.90. The number of hydrogen-bond donors (Lipinski definition) is 2. The number of carbonyl (C=O) groups excluding carboxylic acids is 2. The summed E-state index contributed by atoms with van der Waals surface area (Å²) in [5.74, 6) is 0.290. The SMILES string of the molecule is O=C(Nc1nc2ccc(Oc3cccc(C(=O)Nc4ccc(C(F)(F)F)cc4)c3)cc2s1)C1=CC1. The summed E-state index contributed by atoms with van der Waals surface area (Å²) in [5.41, 5.74) is 1.19. The van der Waals surface area contributed by atoms with E-state index in [4.69, 9.17) is 4.74 Å². The highest BCUT2D eigenvalue weighted by molar-refractivity contribution is 7.22. The van der Waals surface area contributed by atoms with Gasteiger partial charge >= 0.3 is 6.18 Å². The van der Waals surface area contributed by atoms with Gasteiger partial charge in [-0.25, -0.2) is 4.98 Å². The van der Waals surface area contributed by atoms with E-state index in [0.29, 0.717) is 28.6 Å². The van der Waals surface area contributed by atoms with Crippen LogP contribution in [0.25, 0.3) is 10.2 Å². The van der Waals surface area contributed by atoms with E-state index < -0.39 is 17.6 Å². The maximum absolute atomic E-state index is 12.7. The second-order valence-corrected chi connectivity index (χ2v) is 8.73. The molecular formula is C25H16F3N3O3S. The number of allylic oxidation sites excluding steroid dienone is 1. The quantitative estimate of drug-likeness (QED) is 0.315. The number of carbonyl (C=O) groups is 2. The third-order valence-corrected chi connectivity index (χ3v) is 6.02. The summed E-state index contributed by atoms with van der Waals surface area (Å²) in [6.45, 7) is 0. The van der Waals surface area contributed by atoms with Gasteiger partial charge in [0, 0.05) is 22.9 Å². The van der Waals surface area contributed by atoms with Crippen LogP contribution in [0.1, 0.15) is 22.3 Å². The minimum atomic E-state index is -4.44. The Bertz CT molecular complexity index is 1480. The molecule has 1 aliphatic rings. The highest BCUT2D eigenvalue weighted by Crippen LogP contribution is 2.33. The Hall–Kier alpha value is -4.18. The number of aromatic nitrogens is 1. The number of fused-ring (bicyclic) bond motifs is 1. The van der Waals surface area contributed by atoms with E-state index in [-0.39, 0.29) is 17.2 Å². The van der Waals surface area contributed by atoms with E-state index in [1.165, 1.54) is 29.5 Å². The third-order valence-electron chi connectivity index (χ3n) is 5.08. The van der Waals surface area contributed by atoms with Crippen molar-refractivity contribution in [2.75, 3.05) is 10.6 Å². The Morgan fingerprint density at radius 3 is 2.37 bits per heavy atom. The van der Waals surface area contributed by atoms with Crippen LogP contribution in [0.5, 0.6) is 11.5 Å². The topological polar surface area (TPSA) is 80.3 Å². The molecule has 0 unspecified atom stereocenters. The van der Waals surface area contributed by atoms with Crippen LogP contribution in [-0.4, -0.2) is 16.8 Å². The number of benzene rings is 3. The molecule has 0 bridgehead atoms. The highest BCUT2D eigenvalue weighted by atomic mass is 32.1. The normalized spacial score (nSPS) is 12.7. The van der Waals surface area contributed by atoms with Gasteiger partial charge < -0.3 is 10.1 Å². The van der Waals surface area contributed by atoms with Crippen molar-refractivity contribution in [3.05, 3.63) is 89.5 Å². The van der Waals surface area contributed by atoms with Crippen LogP contribution in [-0.2, 0) is 11.0 Å². The zero-order chi connectivity index (χ0) is 24.6. The van der Waals surface area contributed by atoms with Crippen molar-refractivity contribution in [1.29, 1.82) is 0 Å². The van der Waals surface area contributed by atoms with E-state index in [0.717, 1.165) is 22.4 Å². The summed E-state index contributed by atoms with van der Waals surface area (Å²) in [7, 11) is 0. The van der Waals surface area contributed by atoms with Crippen LogP contribution in [0, 0.1) is 0 Å². The largest absolute Gasteiger partial charge is 0.457 e. The van der Waals surface area contributed by atoms with Gasteiger partial charge in [0.1, 0.15) is 11.5 Å². The fraction of sp³-hybridized carbons (Fsp3) is 0.0800. The van der Waals surface area contributed by atoms with Crippen molar-refractivity contribution in [2.24, 2.45) is 0 Å². The summed E-state index contributed by atoms with van der Waals surface area (Å²) in [6, 6.07) is 15.9. The van der Waals surface area contributed by atoms with E-state index >= 15 is 0 Å². The van der Waals surface area contributed by atoms with Gasteiger partial charge in [-0.1, -0.05) is 23.5 Å². The standard InChI is InChI=1S/C25H16F3N3O3S/c26-25(27,28)16-6-8-17(9-7-16)29-23(33)15-2-1-3-18(12-15)34-19-10-11-20-21(13-19)35-24(30-20)31-22(32)14-4-5-14/h1-4,6-13H,5H2,(H,29,33)(H,30,31,32). The zero-order valence-corrected chi connectivity index (χ0v) is 18.7. The number of ether oxygens (including phenoxy) is 1. The Labute approximate surface area is 201 Å². The van der Waals surface area contributed by atoms with Crippen molar-refractivity contribution >= 4 is 44.2 Å². The first-order valence-electron chi connectivity index (χ1n) is 10.4. The molecule has 0 aliphatic heterocycles. The molecule has 4 aromatic rings. The molecule has 1 aliphatic carbocycles. The van der Waals surface area contributed by atoms with E-state index in [1.54, 1.807) is 36.4 Å². The van der Waals surface area contributed by atoms with Crippen LogP contribution in [0.4, 0.5) is 24.0 Å². The maximum Gasteiger partial charge on any atom is 0.416 e. The van der Waals surface area contributed by atoms with E-state index in [2.05, 4.69) is 15.6 Å². The molecule has 6 nitrogen and oxygen atoms in total. The molecule has 0 fully saturated rings. The van der Waals surface area contributed by atoms with Crippen LogP contribution in [0.15, 0.2) is 78.4 Å². The number of rotatable bonds is 6. The molecular weight excluding hydrogens is 479 g/mol. The first kappa shape index (κ1) is 22.6. The van der Waals surface area contributed by atoms with E-state index in [9.17, 15) is 22.8 Å². The maximum atomic E-state index is 12.7. The number of thiazole rings is 1. The van der Waals surface area contributed by atoms with Gasteiger partial charge in [-0.05, 0) is 61.0 Å². The molecule has 2 N–H and O–H groups in total. The highest BCUT2D eigenvalue weighted by Gasteiger charge is 2.30. The number of nitrogens with one attached hydrogen (secondary N) is 2. The Morgan fingerprint density at radius 1 is 0.914 bits per heavy atom. The number of nitrogens with zero attached hydrogens (tertiary/aromatic N) is 1. The summed E-state index contributed by atoms with van der Waals surface area (Å²) in [5, 5.41) is 5.84. The Kier molecular flexibility index (Phi) is 5.73. The van der Waals surface area contributed by atoms with Crippen molar-refractivity contribution in [2.45, 2.75) is 12.6 Å². The lowest BCUT2D eigenvalue weighted by molar-refractivity contribution is -0.137. The third kappa shape index (κ3) is 5.33. The zero-order valence-electron chi connectivity index (χ0n) is 17.8. The first-order valence-corrected chi connectivity index (χ1v) is 11.2. The molecule has 1 heterocycles. The predicted octanol–water partition coefficient (Wildman–Crippen LogP) is 6.63. The molecule has 176 valence electrons. The summed E-state index contributed by atoms with van der Waals surface area (Å²) in [4.78, 5) is 28.9. The summed E-state index contributed by atoms with van der Waals surface area (Å²) >= 11 is 1.32. The fourth-order valence-electron chi connectivity index (χ4n) is 3.22. The smallest absolute Gasteiger partial charge is 0.416 e. The lowest BCUT2D eigenvalue weighted by Crippen LogP contribution is -2.12. The van der Waals surface area contributed by atoms with Crippen molar-refractivity contribution in [1.82, 2.24) is 4.98 Å². The molecule has 0 saturated heterocycles. The van der Waals surface area contributed by atoms with Gasteiger partial charge in [-0.2, -0.15) is 13.2 Å². The van der Waals surface area contributed by atoms with Crippen molar-refractivity contribution < 1.29 is 27.5 Å². The van der Waals surface area contributed by atoms with Gasteiger partial charge in [0.05, 0.1) is 15.8 Å². The van der Waals surface area contributed by atoms with Crippen molar-refractivity contribution in [3.8, 4) is 11.5 Å². The molecule has 3 aromatic carbocycles. The lowest BCUT2D eigenvalue weighted by Gasteiger charge is -2.10. The lowest BCUT2D eigenvalue weighted by atomic mass is 10.1. The van der Waals surface area contributed by atoms with Gasteiger partial charge in [0.25, 0.3) is 11.8 Å². The summed E-state index contributed by atoms with van der Waals surface area (Å²) < 4.78 is 44.9. The molecule has 10 heteroatoms. The molecule has 1 aromatic heterocycles. The number of amides is 2. The monoisotopic (exact) mass is 495 g/mol. The molecule has 0 spiro atoms.